The smallest absolute Gasteiger partial charge is 0.408 e. The van der Waals surface area contributed by atoms with Crippen molar-refractivity contribution >= 4 is 11.8 Å². The van der Waals surface area contributed by atoms with Gasteiger partial charge in [-0.25, -0.2) is 4.79 Å². The Labute approximate surface area is 264 Å². The van der Waals surface area contributed by atoms with Gasteiger partial charge < -0.3 is 14.8 Å². The van der Waals surface area contributed by atoms with E-state index in [0.717, 1.165) is 105 Å². The summed E-state index contributed by atoms with van der Waals surface area (Å²) in [6, 6.07) is 8.34. The van der Waals surface area contributed by atoms with Crippen molar-refractivity contribution in [1.29, 1.82) is 0 Å². The molecule has 1 aromatic rings. The Kier molecular flexibility index (Phi) is 11.1. The molecule has 1 unspecified atom stereocenters. The highest BCUT2D eigenvalue weighted by Crippen LogP contribution is 2.52. The minimum atomic E-state index is -0.566. The molecular formula is C39H50N2O3. The monoisotopic (exact) mass is 594 g/mol. The lowest BCUT2D eigenvalue weighted by molar-refractivity contribution is 0.0434. The van der Waals surface area contributed by atoms with Gasteiger partial charge >= 0.3 is 6.09 Å². The lowest BCUT2D eigenvalue weighted by atomic mass is 9.72. The standard InChI is InChI=1S/C39H50N2O3/c1-8-24-39(27-31-16-11-12-18-32(31)36(39)41-37(42)44-38(5,6)7)25-23-28(4)33-19-15-17-29(9-2)34(40-33)22-21-30(10-3)35-20-13-14-26-43-35/h9-12,15-16,18-19,36H,2-4,8,13-14,20-27H2,1,5-7H3,(H,41,42)/b35-30+/t36-,39?/m1/s1. The van der Waals surface area contributed by atoms with Crippen molar-refractivity contribution in [1.82, 2.24) is 5.32 Å². The summed E-state index contributed by atoms with van der Waals surface area (Å²) in [6.45, 7) is 21.3. The zero-order chi connectivity index (χ0) is 31.7. The maximum atomic E-state index is 13.1. The van der Waals surface area contributed by atoms with Crippen LogP contribution in [0.25, 0.3) is 0 Å². The first-order valence-electron chi connectivity index (χ1n) is 16.2. The number of aliphatic imine (C=N–C) groups is 1. The molecule has 2 aliphatic heterocycles. The number of carbonyl (C=O) groups excluding carboxylic acids is 1. The number of ether oxygens (including phenoxy) is 2. The highest BCUT2D eigenvalue weighted by atomic mass is 16.6. The number of fused-ring (bicyclic) bond motifs is 1. The molecule has 0 bridgehead atoms. The largest absolute Gasteiger partial charge is 0.498 e. The lowest BCUT2D eigenvalue weighted by Crippen LogP contribution is -2.41. The number of carbonyl (C=O) groups is 1. The van der Waals surface area contributed by atoms with Gasteiger partial charge in [0.2, 0.25) is 0 Å². The van der Waals surface area contributed by atoms with E-state index in [4.69, 9.17) is 14.5 Å². The quantitative estimate of drug-likeness (QED) is 0.245. The van der Waals surface area contributed by atoms with Gasteiger partial charge in [-0.2, -0.15) is 0 Å². The van der Waals surface area contributed by atoms with Crippen LogP contribution in [0, 0.1) is 5.41 Å². The maximum Gasteiger partial charge on any atom is 0.408 e. The molecule has 1 N–H and O–H groups in total. The lowest BCUT2D eigenvalue weighted by Gasteiger charge is -2.37. The zero-order valence-electron chi connectivity index (χ0n) is 27.3. The second kappa shape index (κ2) is 14.8. The van der Waals surface area contributed by atoms with E-state index in [2.05, 4.69) is 62.0 Å². The molecule has 1 amide bonds. The Morgan fingerprint density at radius 1 is 1.20 bits per heavy atom. The van der Waals surface area contributed by atoms with Crippen LogP contribution in [0.15, 0.2) is 107 Å². The minimum absolute atomic E-state index is 0.134. The van der Waals surface area contributed by atoms with Gasteiger partial charge in [0.15, 0.2) is 0 Å². The fourth-order valence-corrected chi connectivity index (χ4v) is 6.68. The molecular weight excluding hydrogens is 544 g/mol. The average molecular weight is 595 g/mol. The second-order valence-electron chi connectivity index (χ2n) is 13.2. The van der Waals surface area contributed by atoms with Crippen LogP contribution in [-0.4, -0.2) is 24.0 Å². The number of nitrogens with one attached hydrogen (secondary N) is 1. The predicted molar refractivity (Wildman–Crippen MR) is 182 cm³/mol. The van der Waals surface area contributed by atoms with Crippen LogP contribution >= 0.6 is 0 Å². The van der Waals surface area contributed by atoms with Crippen molar-refractivity contribution in [3.8, 4) is 0 Å². The highest BCUT2D eigenvalue weighted by Gasteiger charge is 2.46. The molecule has 0 radical (unpaired) electrons. The van der Waals surface area contributed by atoms with E-state index in [1.54, 1.807) is 0 Å². The number of rotatable bonds is 12. The summed E-state index contributed by atoms with van der Waals surface area (Å²) in [4.78, 5) is 18.2. The molecule has 1 aromatic carbocycles. The summed E-state index contributed by atoms with van der Waals surface area (Å²) < 4.78 is 11.7. The maximum absolute atomic E-state index is 13.1. The van der Waals surface area contributed by atoms with E-state index < -0.39 is 5.60 Å². The molecule has 4 rings (SSSR count). The van der Waals surface area contributed by atoms with E-state index in [1.165, 1.54) is 11.1 Å². The number of hydrogen-bond donors (Lipinski definition) is 1. The van der Waals surface area contributed by atoms with Crippen molar-refractivity contribution in [2.45, 2.75) is 104 Å². The minimum Gasteiger partial charge on any atom is -0.498 e. The summed E-state index contributed by atoms with van der Waals surface area (Å²) in [6.07, 6.45) is 16.6. The van der Waals surface area contributed by atoms with E-state index >= 15 is 0 Å². The fraction of sp³-hybridized carbons (Fsp3) is 0.462. The van der Waals surface area contributed by atoms with Crippen molar-refractivity contribution in [3.63, 3.8) is 0 Å². The topological polar surface area (TPSA) is 59.9 Å². The molecule has 2 heterocycles. The first kappa shape index (κ1) is 33.1. The number of nitrogens with zero attached hydrogens (tertiary/aromatic N) is 1. The van der Waals surface area contributed by atoms with Gasteiger partial charge in [0.05, 0.1) is 29.8 Å². The molecule has 3 aliphatic rings. The van der Waals surface area contributed by atoms with Crippen molar-refractivity contribution in [2.75, 3.05) is 6.61 Å². The number of hydrogen-bond acceptors (Lipinski definition) is 4. The molecule has 234 valence electrons. The van der Waals surface area contributed by atoms with Gasteiger partial charge in [0.25, 0.3) is 0 Å². The third-order valence-electron chi connectivity index (χ3n) is 8.78. The molecule has 1 fully saturated rings. The van der Waals surface area contributed by atoms with Gasteiger partial charge in [-0.05, 0) is 112 Å². The molecule has 2 atom stereocenters. The molecule has 0 aromatic heterocycles. The third-order valence-corrected chi connectivity index (χ3v) is 8.78. The zero-order valence-corrected chi connectivity index (χ0v) is 27.3. The molecule has 1 saturated heterocycles. The van der Waals surface area contributed by atoms with Gasteiger partial charge in [-0.15, -0.1) is 5.73 Å². The summed E-state index contributed by atoms with van der Waals surface area (Å²) in [5, 5.41) is 3.27. The van der Waals surface area contributed by atoms with Crippen LogP contribution in [0.1, 0.15) is 103 Å². The molecule has 1 aliphatic carbocycles. The number of benzene rings is 1. The van der Waals surface area contributed by atoms with E-state index in [0.29, 0.717) is 0 Å². The third kappa shape index (κ3) is 8.21. The second-order valence-corrected chi connectivity index (χ2v) is 13.2. The van der Waals surface area contributed by atoms with Gasteiger partial charge in [-0.1, -0.05) is 69.5 Å². The number of alkyl carbamates (subject to hydrolysis) is 1. The van der Waals surface area contributed by atoms with Crippen LogP contribution in [0.3, 0.4) is 0 Å². The van der Waals surface area contributed by atoms with E-state index in [-0.39, 0.29) is 17.6 Å². The first-order chi connectivity index (χ1) is 21.1. The number of allylic oxidation sites excluding steroid dienone is 7. The van der Waals surface area contributed by atoms with Crippen LogP contribution in [-0.2, 0) is 15.9 Å². The Morgan fingerprint density at radius 2 is 2.00 bits per heavy atom. The molecule has 0 saturated carbocycles. The average Bonchev–Trinajstić information content (AvgIpc) is 3.14. The van der Waals surface area contributed by atoms with Crippen molar-refractivity contribution < 1.29 is 14.3 Å². The summed E-state index contributed by atoms with van der Waals surface area (Å²) >= 11 is 0. The van der Waals surface area contributed by atoms with Crippen LogP contribution in [0.2, 0.25) is 0 Å². The van der Waals surface area contributed by atoms with E-state index in [1.807, 2.05) is 45.1 Å². The first-order valence-corrected chi connectivity index (χ1v) is 16.2. The fourth-order valence-electron chi connectivity index (χ4n) is 6.68. The Balaban J connectivity index is 1.54. The Morgan fingerprint density at radius 3 is 2.68 bits per heavy atom. The molecule has 44 heavy (non-hydrogen) atoms. The predicted octanol–water partition coefficient (Wildman–Crippen LogP) is 9.96. The van der Waals surface area contributed by atoms with Crippen LogP contribution in [0.5, 0.6) is 0 Å². The summed E-state index contributed by atoms with van der Waals surface area (Å²) in [5.41, 5.74) is 9.96. The summed E-state index contributed by atoms with van der Waals surface area (Å²) in [7, 11) is 0. The van der Waals surface area contributed by atoms with E-state index in [9.17, 15) is 4.79 Å². The summed E-state index contributed by atoms with van der Waals surface area (Å²) in [5.74, 6) is 1.06. The highest BCUT2D eigenvalue weighted by molar-refractivity contribution is 6.03. The Hall–Kier alpha value is -3.82. The molecule has 5 nitrogen and oxygen atoms in total. The van der Waals surface area contributed by atoms with Crippen molar-refractivity contribution in [2.24, 2.45) is 10.4 Å². The van der Waals surface area contributed by atoms with Gasteiger partial charge in [-0.3, -0.25) is 4.99 Å². The molecule has 0 spiro atoms. The normalized spacial score (nSPS) is 22.4. The number of amides is 1. The van der Waals surface area contributed by atoms with Crippen molar-refractivity contribution in [3.05, 3.63) is 113 Å². The van der Waals surface area contributed by atoms with Gasteiger partial charge in [0.1, 0.15) is 5.60 Å². The molecule has 5 heteroatoms. The van der Waals surface area contributed by atoms with Gasteiger partial charge in [0, 0.05) is 12.0 Å². The SMILES string of the molecule is C=CC1=C=CC=C(C(=C)CCC2(CCC)Cc3ccccc3[C@H]2NC(=O)OC(C)(C)C)N=C1CC/C(C=C)=C1\CCCCO1. The van der Waals surface area contributed by atoms with Crippen LogP contribution < -0.4 is 5.32 Å². The van der Waals surface area contributed by atoms with Crippen LogP contribution in [0.4, 0.5) is 4.79 Å². The Bertz CT molecular complexity index is 1420.